The van der Waals surface area contributed by atoms with Crippen LogP contribution in [0.4, 0.5) is 0 Å². The van der Waals surface area contributed by atoms with Crippen LogP contribution in [-0.2, 0) is 11.2 Å². The summed E-state index contributed by atoms with van der Waals surface area (Å²) in [4.78, 5) is 15.6. The van der Waals surface area contributed by atoms with Crippen molar-refractivity contribution < 1.29 is 4.79 Å². The van der Waals surface area contributed by atoms with Crippen LogP contribution in [0.15, 0.2) is 30.5 Å². The molecule has 21 heavy (non-hydrogen) atoms. The van der Waals surface area contributed by atoms with Gasteiger partial charge in [-0.25, -0.2) is 5.01 Å². The zero-order valence-corrected chi connectivity index (χ0v) is 12.7. The highest BCUT2D eigenvalue weighted by Gasteiger charge is 2.26. The summed E-state index contributed by atoms with van der Waals surface area (Å²) in [5.74, 6) is 0.0698. The number of nitrogens with zero attached hydrogens (tertiary/aromatic N) is 1. The van der Waals surface area contributed by atoms with Gasteiger partial charge >= 0.3 is 0 Å². The van der Waals surface area contributed by atoms with Crippen molar-refractivity contribution in [3.63, 3.8) is 0 Å². The van der Waals surface area contributed by atoms with Crippen LogP contribution in [0, 0.1) is 0 Å². The van der Waals surface area contributed by atoms with Gasteiger partial charge in [-0.05, 0) is 38.3 Å². The van der Waals surface area contributed by atoms with Gasteiger partial charge in [-0.2, -0.15) is 0 Å². The van der Waals surface area contributed by atoms with Gasteiger partial charge in [0, 0.05) is 29.2 Å². The molecule has 2 N–H and O–H groups in total. The van der Waals surface area contributed by atoms with E-state index in [9.17, 15) is 4.79 Å². The lowest BCUT2D eigenvalue weighted by atomic mass is 10.00. The molecule has 1 saturated heterocycles. The fraction of sp³-hybridized carbons (Fsp3) is 0.471. The van der Waals surface area contributed by atoms with E-state index >= 15 is 0 Å². The van der Waals surface area contributed by atoms with Gasteiger partial charge in [-0.3, -0.25) is 10.2 Å². The molecule has 4 heteroatoms. The number of hydrazine groups is 1. The average Bonchev–Trinajstić information content (AvgIpc) is 2.87. The number of fused-ring (bicyclic) bond motifs is 1. The molecular formula is C17H23N3O. The number of rotatable bonds is 3. The second-order valence-corrected chi connectivity index (χ2v) is 6.11. The number of hydrogen-bond donors (Lipinski definition) is 2. The zero-order valence-electron chi connectivity index (χ0n) is 12.7. The summed E-state index contributed by atoms with van der Waals surface area (Å²) in [5, 5.41) is 3.26. The van der Waals surface area contributed by atoms with Crippen molar-refractivity contribution in [1.29, 1.82) is 0 Å². The molecule has 2 heterocycles. The van der Waals surface area contributed by atoms with Crippen molar-refractivity contribution in [3.8, 4) is 0 Å². The molecule has 2 atom stereocenters. The molecule has 0 radical (unpaired) electrons. The quantitative estimate of drug-likeness (QED) is 0.910. The maximum atomic E-state index is 12.3. The van der Waals surface area contributed by atoms with E-state index in [1.807, 2.05) is 24.4 Å². The lowest BCUT2D eigenvalue weighted by Crippen LogP contribution is -2.54. The third kappa shape index (κ3) is 2.95. The van der Waals surface area contributed by atoms with Crippen LogP contribution in [0.3, 0.4) is 0 Å². The van der Waals surface area contributed by atoms with Crippen molar-refractivity contribution in [2.75, 3.05) is 0 Å². The fourth-order valence-corrected chi connectivity index (χ4v) is 3.28. The molecule has 0 spiro atoms. The van der Waals surface area contributed by atoms with Crippen LogP contribution in [0.1, 0.15) is 38.7 Å². The number of aromatic amines is 1. The van der Waals surface area contributed by atoms with E-state index in [4.69, 9.17) is 0 Å². The number of para-hydroxylation sites is 1. The first-order valence-electron chi connectivity index (χ1n) is 7.78. The van der Waals surface area contributed by atoms with Crippen LogP contribution in [0.5, 0.6) is 0 Å². The van der Waals surface area contributed by atoms with Gasteiger partial charge in [0.15, 0.2) is 0 Å². The number of nitrogens with one attached hydrogen (secondary N) is 2. The SMILES string of the molecule is CC1CCCC(C)N1NC(=O)Cc1c[nH]c2ccccc12. The highest BCUT2D eigenvalue weighted by molar-refractivity contribution is 5.88. The molecule has 1 aromatic carbocycles. The van der Waals surface area contributed by atoms with Gasteiger partial charge in [0.05, 0.1) is 6.42 Å². The Morgan fingerprint density at radius 3 is 2.76 bits per heavy atom. The second kappa shape index (κ2) is 5.90. The maximum absolute atomic E-state index is 12.3. The smallest absolute Gasteiger partial charge is 0.238 e. The predicted molar refractivity (Wildman–Crippen MR) is 84.8 cm³/mol. The summed E-state index contributed by atoms with van der Waals surface area (Å²) in [7, 11) is 0. The molecule has 1 aliphatic heterocycles. The summed E-state index contributed by atoms with van der Waals surface area (Å²) in [5.41, 5.74) is 5.24. The van der Waals surface area contributed by atoms with Crippen molar-refractivity contribution >= 4 is 16.8 Å². The number of H-pyrrole nitrogens is 1. The van der Waals surface area contributed by atoms with Gasteiger partial charge in [0.2, 0.25) is 5.91 Å². The standard InChI is InChI=1S/C17H23N3O/c1-12-6-5-7-13(2)20(12)19-17(21)10-14-11-18-16-9-4-3-8-15(14)16/h3-4,8-9,11-13,18H,5-7,10H2,1-2H3,(H,19,21). The lowest BCUT2D eigenvalue weighted by Gasteiger charge is -2.38. The predicted octanol–water partition coefficient (Wildman–Crippen LogP) is 3.00. The minimum atomic E-state index is 0.0698. The number of carbonyl (C=O) groups excluding carboxylic acids is 1. The summed E-state index contributed by atoms with van der Waals surface area (Å²) < 4.78 is 0. The van der Waals surface area contributed by atoms with E-state index in [1.54, 1.807) is 0 Å². The third-order valence-electron chi connectivity index (χ3n) is 4.47. The molecule has 0 saturated carbocycles. The van der Waals surface area contributed by atoms with Crippen molar-refractivity contribution in [3.05, 3.63) is 36.0 Å². The molecule has 0 aliphatic carbocycles. The van der Waals surface area contributed by atoms with E-state index in [0.717, 1.165) is 29.3 Å². The normalized spacial score (nSPS) is 23.3. The van der Waals surface area contributed by atoms with Crippen molar-refractivity contribution in [2.45, 2.75) is 51.6 Å². The minimum Gasteiger partial charge on any atom is -0.361 e. The number of aromatic nitrogens is 1. The third-order valence-corrected chi connectivity index (χ3v) is 4.47. The molecular weight excluding hydrogens is 262 g/mol. The molecule has 4 nitrogen and oxygen atoms in total. The molecule has 2 aromatic rings. The Morgan fingerprint density at radius 2 is 2.00 bits per heavy atom. The number of carbonyl (C=O) groups is 1. The Labute approximate surface area is 125 Å². The first-order chi connectivity index (χ1) is 10.1. The van der Waals surface area contributed by atoms with Crippen LogP contribution < -0.4 is 5.43 Å². The number of amides is 1. The monoisotopic (exact) mass is 285 g/mol. The van der Waals surface area contributed by atoms with E-state index in [1.165, 1.54) is 6.42 Å². The van der Waals surface area contributed by atoms with Crippen molar-refractivity contribution in [2.24, 2.45) is 0 Å². The first-order valence-corrected chi connectivity index (χ1v) is 7.78. The Hall–Kier alpha value is -1.81. The van der Waals surface area contributed by atoms with E-state index in [-0.39, 0.29) is 5.91 Å². The maximum Gasteiger partial charge on any atom is 0.238 e. The molecule has 3 rings (SSSR count). The van der Waals surface area contributed by atoms with Gasteiger partial charge in [0.25, 0.3) is 0 Å². The van der Waals surface area contributed by atoms with Gasteiger partial charge in [0.1, 0.15) is 0 Å². The summed E-state index contributed by atoms with van der Waals surface area (Å²) in [6, 6.07) is 8.93. The van der Waals surface area contributed by atoms with Gasteiger partial charge in [-0.15, -0.1) is 0 Å². The van der Waals surface area contributed by atoms with Crippen LogP contribution in [0.25, 0.3) is 10.9 Å². The Bertz CT molecular complexity index is 624. The van der Waals surface area contributed by atoms with E-state index in [2.05, 4.69) is 35.3 Å². The van der Waals surface area contributed by atoms with E-state index < -0.39 is 0 Å². The summed E-state index contributed by atoms with van der Waals surface area (Å²) in [6.07, 6.45) is 5.90. The second-order valence-electron chi connectivity index (χ2n) is 6.11. The largest absolute Gasteiger partial charge is 0.361 e. The topological polar surface area (TPSA) is 48.1 Å². The Kier molecular flexibility index (Phi) is 3.97. The van der Waals surface area contributed by atoms with Crippen molar-refractivity contribution in [1.82, 2.24) is 15.4 Å². The zero-order chi connectivity index (χ0) is 14.8. The van der Waals surface area contributed by atoms with Crippen LogP contribution in [-0.4, -0.2) is 28.0 Å². The number of piperidine rings is 1. The molecule has 0 bridgehead atoms. The number of benzene rings is 1. The Morgan fingerprint density at radius 1 is 1.29 bits per heavy atom. The number of hydrogen-bond acceptors (Lipinski definition) is 2. The first kappa shape index (κ1) is 14.1. The molecule has 1 aromatic heterocycles. The van der Waals surface area contributed by atoms with Crippen LogP contribution in [0.2, 0.25) is 0 Å². The fourth-order valence-electron chi connectivity index (χ4n) is 3.28. The highest BCUT2D eigenvalue weighted by Crippen LogP contribution is 2.21. The lowest BCUT2D eigenvalue weighted by molar-refractivity contribution is -0.128. The molecule has 112 valence electrons. The highest BCUT2D eigenvalue weighted by atomic mass is 16.2. The van der Waals surface area contributed by atoms with E-state index in [0.29, 0.717) is 18.5 Å². The summed E-state index contributed by atoms with van der Waals surface area (Å²) in [6.45, 7) is 4.36. The molecule has 1 fully saturated rings. The Balaban J connectivity index is 1.69. The molecule has 1 amide bonds. The molecule has 2 unspecified atom stereocenters. The average molecular weight is 285 g/mol. The minimum absolute atomic E-state index is 0.0698. The summed E-state index contributed by atoms with van der Waals surface area (Å²) >= 11 is 0. The van der Waals surface area contributed by atoms with Gasteiger partial charge in [-0.1, -0.05) is 24.6 Å². The molecule has 1 aliphatic rings. The van der Waals surface area contributed by atoms with Gasteiger partial charge < -0.3 is 4.98 Å². The van der Waals surface area contributed by atoms with Crippen LogP contribution >= 0.6 is 0 Å².